The smallest absolute Gasteiger partial charge is 0.00141 e. The van der Waals surface area contributed by atoms with Gasteiger partial charge >= 0.3 is 0 Å². The lowest BCUT2D eigenvalue weighted by atomic mass is 9.85. The van der Waals surface area contributed by atoms with Crippen LogP contribution in [0.2, 0.25) is 0 Å². The summed E-state index contributed by atoms with van der Waals surface area (Å²) in [6, 6.07) is 63.8. The lowest BCUT2D eigenvalue weighted by Crippen LogP contribution is -1.90. The molecule has 0 heterocycles. The Bertz CT molecular complexity index is 3140. The summed E-state index contributed by atoms with van der Waals surface area (Å²) in [6.07, 6.45) is 0. The van der Waals surface area contributed by atoms with E-state index in [1.54, 1.807) is 0 Å². The second-order valence-electron chi connectivity index (χ2n) is 14.0. The first-order valence-corrected chi connectivity index (χ1v) is 17.5. The molecular formula is C50H28. The van der Waals surface area contributed by atoms with Crippen LogP contribution in [0.25, 0.3) is 119 Å². The molecule has 12 aromatic rings. The van der Waals surface area contributed by atoms with Gasteiger partial charge in [0.25, 0.3) is 0 Å². The lowest BCUT2D eigenvalue weighted by molar-refractivity contribution is 1.68. The van der Waals surface area contributed by atoms with Gasteiger partial charge in [0.15, 0.2) is 0 Å². The van der Waals surface area contributed by atoms with E-state index < -0.39 is 0 Å². The van der Waals surface area contributed by atoms with Crippen LogP contribution in [0, 0.1) is 0 Å². The van der Waals surface area contributed by atoms with E-state index in [1.165, 1.54) is 119 Å². The molecule has 228 valence electrons. The minimum Gasteiger partial charge on any atom is -0.0616 e. The summed E-state index contributed by atoms with van der Waals surface area (Å²) < 4.78 is 0. The zero-order valence-corrected chi connectivity index (χ0v) is 27.2. The Morgan fingerprint density at radius 2 is 0.560 bits per heavy atom. The molecule has 0 aromatic heterocycles. The van der Waals surface area contributed by atoms with Crippen LogP contribution in [0.5, 0.6) is 0 Å². The highest BCUT2D eigenvalue weighted by atomic mass is 14.2. The summed E-state index contributed by atoms with van der Waals surface area (Å²) >= 11 is 0. The second kappa shape index (κ2) is 9.56. The maximum Gasteiger partial charge on any atom is -0.00141 e. The monoisotopic (exact) mass is 628 g/mol. The Balaban J connectivity index is 1.05. The molecule has 0 nitrogen and oxygen atoms in total. The Morgan fingerprint density at radius 1 is 0.200 bits per heavy atom. The van der Waals surface area contributed by atoms with E-state index in [9.17, 15) is 0 Å². The largest absolute Gasteiger partial charge is 0.0616 e. The molecule has 0 amide bonds. The molecule has 50 heavy (non-hydrogen) atoms. The Labute approximate surface area is 288 Å². The molecule has 0 aliphatic carbocycles. The SMILES string of the molecule is c1ccc2c(c1)c1cccc3ccc4c(-c5ccc6cc(-c7ccc8c9ccccc9c9cccc%10ccc7c8c%109)ccc6c5)ccc2c4c31. The van der Waals surface area contributed by atoms with Gasteiger partial charge in [0.2, 0.25) is 0 Å². The van der Waals surface area contributed by atoms with E-state index in [4.69, 9.17) is 0 Å². The van der Waals surface area contributed by atoms with Crippen molar-refractivity contribution in [3.8, 4) is 22.3 Å². The zero-order chi connectivity index (χ0) is 32.5. The first kappa shape index (κ1) is 26.5. The number of rotatable bonds is 2. The number of benzene rings is 12. The summed E-state index contributed by atoms with van der Waals surface area (Å²) in [5, 5.41) is 23.8. The third-order valence-electron chi connectivity index (χ3n) is 11.5. The summed E-state index contributed by atoms with van der Waals surface area (Å²) in [7, 11) is 0. The predicted molar refractivity (Wildman–Crippen MR) is 217 cm³/mol. The molecule has 0 aliphatic rings. The van der Waals surface area contributed by atoms with Crippen molar-refractivity contribution in [1.29, 1.82) is 0 Å². The molecule has 0 bridgehead atoms. The Morgan fingerprint density at radius 3 is 1.00 bits per heavy atom. The standard InChI is InChI=1S/C50H28/c1-3-11-39-37(9-1)41-13-5-7-29-19-21-43-35(23-25-45(39)49(43)47(29)41)33-17-15-32-28-34(18-16-31(32)27-33)36-24-26-46-40-12-4-2-10-38(40)42-14-6-8-30-20-22-44(36)50(46)48(30)42/h1-28H. The van der Waals surface area contributed by atoms with Crippen molar-refractivity contribution >= 4 is 97.0 Å². The van der Waals surface area contributed by atoms with E-state index in [0.717, 1.165) is 0 Å². The minimum atomic E-state index is 1.25. The third kappa shape index (κ3) is 3.40. The summed E-state index contributed by atoms with van der Waals surface area (Å²) in [4.78, 5) is 0. The van der Waals surface area contributed by atoms with Gasteiger partial charge in [-0.25, -0.2) is 0 Å². The topological polar surface area (TPSA) is 0 Å². The third-order valence-corrected chi connectivity index (χ3v) is 11.5. The number of hydrogen-bond donors (Lipinski definition) is 0. The normalized spacial score (nSPS) is 12.4. The van der Waals surface area contributed by atoms with Crippen molar-refractivity contribution in [3.63, 3.8) is 0 Å². The maximum absolute atomic E-state index is 2.37. The lowest BCUT2D eigenvalue weighted by Gasteiger charge is -2.18. The van der Waals surface area contributed by atoms with Crippen molar-refractivity contribution in [2.75, 3.05) is 0 Å². The summed E-state index contributed by atoms with van der Waals surface area (Å²) in [5.74, 6) is 0. The number of fused-ring (bicyclic) bond motifs is 7. The highest BCUT2D eigenvalue weighted by Crippen LogP contribution is 2.46. The van der Waals surface area contributed by atoms with Crippen LogP contribution in [-0.2, 0) is 0 Å². The van der Waals surface area contributed by atoms with E-state index in [1.807, 2.05) is 0 Å². The van der Waals surface area contributed by atoms with Crippen LogP contribution in [-0.4, -0.2) is 0 Å². The molecule has 0 fully saturated rings. The predicted octanol–water partition coefficient (Wildman–Crippen LogP) is 14.3. The van der Waals surface area contributed by atoms with Crippen molar-refractivity contribution in [2.24, 2.45) is 0 Å². The van der Waals surface area contributed by atoms with E-state index in [0.29, 0.717) is 0 Å². The van der Waals surface area contributed by atoms with Crippen molar-refractivity contribution in [2.45, 2.75) is 0 Å². The van der Waals surface area contributed by atoms with E-state index in [-0.39, 0.29) is 0 Å². The molecule has 0 spiro atoms. The van der Waals surface area contributed by atoms with Crippen molar-refractivity contribution in [3.05, 3.63) is 170 Å². The van der Waals surface area contributed by atoms with Crippen LogP contribution in [0.4, 0.5) is 0 Å². The van der Waals surface area contributed by atoms with Crippen molar-refractivity contribution in [1.82, 2.24) is 0 Å². The quantitative estimate of drug-likeness (QED) is 0.132. The molecular weight excluding hydrogens is 601 g/mol. The van der Waals surface area contributed by atoms with Gasteiger partial charge in [0.05, 0.1) is 0 Å². The number of hydrogen-bond acceptors (Lipinski definition) is 0. The molecule has 0 saturated heterocycles. The molecule has 0 radical (unpaired) electrons. The van der Waals surface area contributed by atoms with Gasteiger partial charge < -0.3 is 0 Å². The van der Waals surface area contributed by atoms with Crippen LogP contribution < -0.4 is 0 Å². The Kier molecular flexibility index (Phi) is 5.06. The minimum absolute atomic E-state index is 1.25. The molecule has 0 N–H and O–H groups in total. The van der Waals surface area contributed by atoms with Crippen LogP contribution in [0.15, 0.2) is 170 Å². The highest BCUT2D eigenvalue weighted by Gasteiger charge is 2.18. The van der Waals surface area contributed by atoms with Gasteiger partial charge in [0, 0.05) is 0 Å². The maximum atomic E-state index is 2.37. The van der Waals surface area contributed by atoms with Crippen LogP contribution in [0.1, 0.15) is 0 Å². The van der Waals surface area contributed by atoms with E-state index >= 15 is 0 Å². The molecule has 0 saturated carbocycles. The molecule has 0 aliphatic heterocycles. The van der Waals surface area contributed by atoms with Gasteiger partial charge in [-0.3, -0.25) is 0 Å². The zero-order valence-electron chi connectivity index (χ0n) is 27.2. The van der Waals surface area contributed by atoms with Crippen LogP contribution in [0.3, 0.4) is 0 Å². The Hall–Kier alpha value is -6.50. The van der Waals surface area contributed by atoms with Gasteiger partial charge in [-0.1, -0.05) is 158 Å². The fourth-order valence-electron chi connectivity index (χ4n) is 9.33. The fraction of sp³-hybridized carbons (Fsp3) is 0. The first-order valence-electron chi connectivity index (χ1n) is 17.5. The molecule has 0 unspecified atom stereocenters. The van der Waals surface area contributed by atoms with Gasteiger partial charge in [-0.2, -0.15) is 0 Å². The summed E-state index contributed by atoms with van der Waals surface area (Å²) in [5.41, 5.74) is 5.07. The molecule has 0 atom stereocenters. The molecule has 12 aromatic carbocycles. The first-order chi connectivity index (χ1) is 24.8. The van der Waals surface area contributed by atoms with Gasteiger partial charge in [0.1, 0.15) is 0 Å². The average Bonchev–Trinajstić information content (AvgIpc) is 3.19. The summed E-state index contributed by atoms with van der Waals surface area (Å²) in [6.45, 7) is 0. The van der Waals surface area contributed by atoms with Crippen LogP contribution >= 0.6 is 0 Å². The fourth-order valence-corrected chi connectivity index (χ4v) is 9.33. The molecule has 0 heteroatoms. The van der Waals surface area contributed by atoms with Gasteiger partial charge in [-0.05, 0) is 131 Å². The second-order valence-corrected chi connectivity index (χ2v) is 14.0. The molecule has 12 rings (SSSR count). The van der Waals surface area contributed by atoms with Crippen molar-refractivity contribution < 1.29 is 0 Å². The van der Waals surface area contributed by atoms with Gasteiger partial charge in [-0.15, -0.1) is 0 Å². The van der Waals surface area contributed by atoms with E-state index in [2.05, 4.69) is 170 Å². The highest BCUT2D eigenvalue weighted by molar-refractivity contribution is 6.36. The average molecular weight is 629 g/mol.